The van der Waals surface area contributed by atoms with E-state index < -0.39 is 0 Å². The zero-order valence-corrected chi connectivity index (χ0v) is 16.2. The average Bonchev–Trinajstić information content (AvgIpc) is 2.77. The third-order valence-corrected chi connectivity index (χ3v) is 4.90. The van der Waals surface area contributed by atoms with Gasteiger partial charge in [-0.1, -0.05) is 60.7 Å². The van der Waals surface area contributed by atoms with Crippen LogP contribution in [0.15, 0.2) is 84.9 Å². The lowest BCUT2D eigenvalue weighted by atomic mass is 9.88. The van der Waals surface area contributed by atoms with Crippen LogP contribution < -0.4 is 5.32 Å². The van der Waals surface area contributed by atoms with E-state index in [1.807, 2.05) is 36.4 Å². The number of hydrogen-bond acceptors (Lipinski definition) is 2. The maximum Gasteiger partial charge on any atom is 0.220 e. The van der Waals surface area contributed by atoms with Crippen LogP contribution in [0.4, 0.5) is 4.39 Å². The monoisotopic (exact) mass is 389 g/mol. The number of halogens is 1. The van der Waals surface area contributed by atoms with Gasteiger partial charge in [-0.25, -0.2) is 4.39 Å². The molecule has 3 rings (SSSR count). The molecule has 0 aliphatic rings. The van der Waals surface area contributed by atoms with E-state index in [2.05, 4.69) is 29.6 Å². The summed E-state index contributed by atoms with van der Waals surface area (Å²) in [5, 5.41) is 2.92. The summed E-state index contributed by atoms with van der Waals surface area (Å²) in [6.45, 7) is 0.526. The molecule has 0 heterocycles. The Labute approximate surface area is 170 Å². The minimum absolute atomic E-state index is 0.109. The van der Waals surface area contributed by atoms with Gasteiger partial charge in [0.15, 0.2) is 5.78 Å². The predicted octanol–water partition coefficient (Wildman–Crippen LogP) is 5.13. The molecule has 148 valence electrons. The van der Waals surface area contributed by atoms with E-state index in [1.54, 1.807) is 0 Å². The van der Waals surface area contributed by atoms with Gasteiger partial charge in [0.2, 0.25) is 5.91 Å². The number of benzene rings is 3. The maximum atomic E-state index is 12.9. The number of carbonyl (C=O) groups excluding carboxylic acids is 2. The fourth-order valence-electron chi connectivity index (χ4n) is 3.35. The van der Waals surface area contributed by atoms with E-state index in [0.29, 0.717) is 12.1 Å². The fourth-order valence-corrected chi connectivity index (χ4v) is 3.35. The van der Waals surface area contributed by atoms with Crippen LogP contribution >= 0.6 is 0 Å². The first-order chi connectivity index (χ1) is 14.1. The zero-order valence-electron chi connectivity index (χ0n) is 16.2. The molecule has 3 aromatic rings. The third kappa shape index (κ3) is 6.11. The molecular weight excluding hydrogens is 365 g/mol. The summed E-state index contributed by atoms with van der Waals surface area (Å²) < 4.78 is 12.9. The standard InChI is InChI=1S/C25H24FNO2/c26-22-13-11-21(12-14-22)24(28)15-16-25(29)27-18-17-23(19-7-3-1-4-8-19)20-9-5-2-6-10-20/h1-14,23H,15-18H2,(H,27,29). The number of hydrogen-bond donors (Lipinski definition) is 1. The third-order valence-electron chi connectivity index (χ3n) is 4.90. The Hall–Kier alpha value is -3.27. The average molecular weight is 389 g/mol. The smallest absolute Gasteiger partial charge is 0.220 e. The summed E-state index contributed by atoms with van der Waals surface area (Å²) >= 11 is 0. The summed E-state index contributed by atoms with van der Waals surface area (Å²) in [5.41, 5.74) is 2.84. The number of Topliss-reactive ketones (excluding diaryl/α,β-unsaturated/α-hetero) is 1. The lowest BCUT2D eigenvalue weighted by Gasteiger charge is -2.18. The quantitative estimate of drug-likeness (QED) is 0.516. The predicted molar refractivity (Wildman–Crippen MR) is 112 cm³/mol. The highest BCUT2D eigenvalue weighted by Crippen LogP contribution is 2.27. The molecule has 0 atom stereocenters. The Balaban J connectivity index is 1.51. The maximum absolute atomic E-state index is 12.9. The molecule has 0 saturated carbocycles. The van der Waals surface area contributed by atoms with Gasteiger partial charge in [0, 0.05) is 30.9 Å². The van der Waals surface area contributed by atoms with Gasteiger partial charge < -0.3 is 5.32 Å². The highest BCUT2D eigenvalue weighted by molar-refractivity contribution is 5.97. The molecule has 1 N–H and O–H groups in total. The summed E-state index contributed by atoms with van der Waals surface area (Å²) in [6.07, 6.45) is 1.00. The van der Waals surface area contributed by atoms with Gasteiger partial charge in [-0.2, -0.15) is 0 Å². The molecule has 3 aromatic carbocycles. The number of ketones is 1. The van der Waals surface area contributed by atoms with Crippen LogP contribution in [0.2, 0.25) is 0 Å². The molecule has 0 spiro atoms. The number of rotatable bonds is 9. The van der Waals surface area contributed by atoms with E-state index in [4.69, 9.17) is 0 Å². The van der Waals surface area contributed by atoms with Crippen LogP contribution in [-0.2, 0) is 4.79 Å². The Morgan fingerprint density at radius 2 is 1.31 bits per heavy atom. The van der Waals surface area contributed by atoms with Gasteiger partial charge in [-0.3, -0.25) is 9.59 Å². The van der Waals surface area contributed by atoms with Gasteiger partial charge in [0.1, 0.15) is 5.82 Å². The van der Waals surface area contributed by atoms with Crippen molar-refractivity contribution in [1.29, 1.82) is 0 Å². The first-order valence-corrected chi connectivity index (χ1v) is 9.79. The second kappa shape index (κ2) is 10.3. The van der Waals surface area contributed by atoms with Crippen LogP contribution in [0, 0.1) is 5.82 Å². The van der Waals surface area contributed by atoms with Crippen molar-refractivity contribution in [2.24, 2.45) is 0 Å². The van der Waals surface area contributed by atoms with Crippen molar-refractivity contribution in [3.8, 4) is 0 Å². The van der Waals surface area contributed by atoms with Crippen LogP contribution in [0.3, 0.4) is 0 Å². The van der Waals surface area contributed by atoms with Gasteiger partial charge in [-0.05, 0) is 41.8 Å². The van der Waals surface area contributed by atoms with Crippen LogP contribution in [0.1, 0.15) is 46.7 Å². The van der Waals surface area contributed by atoms with Gasteiger partial charge in [0.05, 0.1) is 0 Å². The van der Waals surface area contributed by atoms with E-state index in [1.165, 1.54) is 35.4 Å². The number of carbonyl (C=O) groups is 2. The SMILES string of the molecule is O=C(CCC(=O)c1ccc(F)cc1)NCCC(c1ccccc1)c1ccccc1. The Morgan fingerprint density at radius 1 is 0.759 bits per heavy atom. The van der Waals surface area contributed by atoms with Gasteiger partial charge >= 0.3 is 0 Å². The minimum atomic E-state index is -0.384. The van der Waals surface area contributed by atoms with Crippen molar-refractivity contribution in [3.05, 3.63) is 107 Å². The Bertz CT molecular complexity index is 885. The molecule has 3 nitrogen and oxygen atoms in total. The number of nitrogens with one attached hydrogen (secondary N) is 1. The molecule has 29 heavy (non-hydrogen) atoms. The molecular formula is C25H24FNO2. The molecule has 0 saturated heterocycles. The molecule has 0 fully saturated rings. The largest absolute Gasteiger partial charge is 0.356 e. The molecule has 0 aliphatic carbocycles. The van der Waals surface area contributed by atoms with Crippen molar-refractivity contribution < 1.29 is 14.0 Å². The highest BCUT2D eigenvalue weighted by Gasteiger charge is 2.15. The molecule has 0 unspecified atom stereocenters. The van der Waals surface area contributed by atoms with Crippen LogP contribution in [-0.4, -0.2) is 18.2 Å². The van der Waals surface area contributed by atoms with Crippen molar-refractivity contribution in [1.82, 2.24) is 5.32 Å². The van der Waals surface area contributed by atoms with E-state index in [9.17, 15) is 14.0 Å². The second-order valence-corrected chi connectivity index (χ2v) is 6.94. The van der Waals surface area contributed by atoms with Crippen molar-refractivity contribution in [2.75, 3.05) is 6.54 Å². The molecule has 1 amide bonds. The van der Waals surface area contributed by atoms with Crippen molar-refractivity contribution >= 4 is 11.7 Å². The van der Waals surface area contributed by atoms with E-state index in [0.717, 1.165) is 6.42 Å². The Morgan fingerprint density at radius 3 is 1.86 bits per heavy atom. The topological polar surface area (TPSA) is 46.2 Å². The number of amides is 1. The normalized spacial score (nSPS) is 10.7. The minimum Gasteiger partial charge on any atom is -0.356 e. The fraction of sp³-hybridized carbons (Fsp3) is 0.200. The van der Waals surface area contributed by atoms with Crippen molar-refractivity contribution in [3.63, 3.8) is 0 Å². The van der Waals surface area contributed by atoms with E-state index >= 15 is 0 Å². The lowest BCUT2D eigenvalue weighted by molar-refractivity contribution is -0.121. The highest BCUT2D eigenvalue weighted by atomic mass is 19.1. The zero-order chi connectivity index (χ0) is 20.5. The Kier molecular flexibility index (Phi) is 7.28. The lowest BCUT2D eigenvalue weighted by Crippen LogP contribution is -2.26. The summed E-state index contributed by atoms with van der Waals surface area (Å²) in [4.78, 5) is 24.3. The summed E-state index contributed by atoms with van der Waals surface area (Å²) in [7, 11) is 0. The molecule has 0 aromatic heterocycles. The molecule has 0 aliphatic heterocycles. The van der Waals surface area contributed by atoms with E-state index in [-0.39, 0.29) is 36.3 Å². The summed E-state index contributed by atoms with van der Waals surface area (Å²) in [6, 6.07) is 25.8. The first kappa shape index (κ1) is 20.5. The van der Waals surface area contributed by atoms with Gasteiger partial charge in [0.25, 0.3) is 0 Å². The second-order valence-electron chi connectivity index (χ2n) is 6.94. The summed E-state index contributed by atoms with van der Waals surface area (Å²) in [5.74, 6) is -0.504. The van der Waals surface area contributed by atoms with Crippen LogP contribution in [0.5, 0.6) is 0 Å². The first-order valence-electron chi connectivity index (χ1n) is 9.79. The van der Waals surface area contributed by atoms with Gasteiger partial charge in [-0.15, -0.1) is 0 Å². The molecule has 0 bridgehead atoms. The molecule has 0 radical (unpaired) electrons. The van der Waals surface area contributed by atoms with Crippen LogP contribution in [0.25, 0.3) is 0 Å². The van der Waals surface area contributed by atoms with Crippen molar-refractivity contribution in [2.45, 2.75) is 25.2 Å². The molecule has 4 heteroatoms.